The predicted molar refractivity (Wildman–Crippen MR) is 128 cm³/mol. The summed E-state index contributed by atoms with van der Waals surface area (Å²) in [5.74, 6) is 1.85. The van der Waals surface area contributed by atoms with Crippen LogP contribution in [0.1, 0.15) is 20.8 Å². The van der Waals surface area contributed by atoms with Crippen molar-refractivity contribution in [2.24, 2.45) is 15.9 Å². The Kier molecular flexibility index (Phi) is 5.48. The number of guanidine groups is 1. The van der Waals surface area contributed by atoms with Gasteiger partial charge in [0.15, 0.2) is 22.9 Å². The highest BCUT2D eigenvalue weighted by molar-refractivity contribution is 8.00. The van der Waals surface area contributed by atoms with Crippen LogP contribution in [-0.2, 0) is 4.74 Å². The van der Waals surface area contributed by atoms with Crippen molar-refractivity contribution in [3.05, 3.63) is 18.1 Å². The van der Waals surface area contributed by atoms with E-state index in [1.165, 1.54) is 6.33 Å². The number of allylic oxidation sites excluding steroid dienone is 2. The lowest BCUT2D eigenvalue weighted by Gasteiger charge is -2.42. The number of ether oxygens (including phenoxy) is 1. The van der Waals surface area contributed by atoms with Gasteiger partial charge in [-0.05, 0) is 26.8 Å². The quantitative estimate of drug-likeness (QED) is 0.464. The van der Waals surface area contributed by atoms with Crippen LogP contribution in [0.3, 0.4) is 0 Å². The summed E-state index contributed by atoms with van der Waals surface area (Å²) in [4.78, 5) is 20.7. The zero-order valence-electron chi connectivity index (χ0n) is 19.0. The number of aliphatic hydroxyl groups excluding tert-OH is 2. The number of aliphatic imine (C=N–C) groups is 2. The van der Waals surface area contributed by atoms with E-state index in [0.29, 0.717) is 42.3 Å². The number of fused-ring (bicyclic) bond motifs is 2. The maximum absolute atomic E-state index is 10.9. The minimum Gasteiger partial charge on any atom is -0.390 e. The second kappa shape index (κ2) is 8.09. The van der Waals surface area contributed by atoms with Crippen LogP contribution in [0.5, 0.6) is 0 Å². The van der Waals surface area contributed by atoms with E-state index in [1.807, 2.05) is 48.7 Å². The van der Waals surface area contributed by atoms with Crippen LogP contribution in [0.4, 0.5) is 17.3 Å². The van der Waals surface area contributed by atoms with Crippen LogP contribution in [-0.4, -0.2) is 86.4 Å². The summed E-state index contributed by atoms with van der Waals surface area (Å²) in [6.07, 6.45) is 0.563. The van der Waals surface area contributed by atoms with Gasteiger partial charge in [0.1, 0.15) is 18.1 Å². The average Bonchev–Trinajstić information content (AvgIpc) is 3.27. The van der Waals surface area contributed by atoms with Crippen LogP contribution < -0.4 is 21.0 Å². The van der Waals surface area contributed by atoms with Crippen molar-refractivity contribution >= 4 is 40.8 Å². The number of nitrogen functional groups attached to an aromatic ring is 1. The summed E-state index contributed by atoms with van der Waals surface area (Å²) in [5.41, 5.74) is 12.0. The molecule has 5 N–H and O–H groups in total. The number of hydrazine groups is 1. The van der Waals surface area contributed by atoms with Crippen LogP contribution >= 0.6 is 11.8 Å². The molecule has 5 rings (SSSR count). The van der Waals surface area contributed by atoms with Crippen molar-refractivity contribution in [3.8, 4) is 0 Å². The van der Waals surface area contributed by atoms with Crippen molar-refractivity contribution in [1.29, 1.82) is 0 Å². The monoisotopic (exact) mass is 475 g/mol. The number of rotatable bonds is 4. The Morgan fingerprint density at radius 2 is 2.09 bits per heavy atom. The van der Waals surface area contributed by atoms with E-state index >= 15 is 0 Å². The second-order valence-corrected chi connectivity index (χ2v) is 10.3. The van der Waals surface area contributed by atoms with E-state index in [-0.39, 0.29) is 5.92 Å². The number of hydrogen-bond acceptors (Lipinski definition) is 13. The van der Waals surface area contributed by atoms with E-state index in [4.69, 9.17) is 15.5 Å². The molecule has 0 aromatic carbocycles. The molecule has 0 bridgehead atoms. The lowest BCUT2D eigenvalue weighted by molar-refractivity contribution is -0.158. The summed E-state index contributed by atoms with van der Waals surface area (Å²) in [7, 11) is 1.87. The third-order valence-electron chi connectivity index (χ3n) is 6.22. The fourth-order valence-corrected chi connectivity index (χ4v) is 5.68. The van der Waals surface area contributed by atoms with Gasteiger partial charge in [-0.3, -0.25) is 0 Å². The van der Waals surface area contributed by atoms with Crippen molar-refractivity contribution in [1.82, 2.24) is 20.4 Å². The van der Waals surface area contributed by atoms with Crippen molar-refractivity contribution in [2.45, 2.75) is 44.2 Å². The number of nitrogens with zero attached hydrogens (tertiary/aromatic N) is 7. The molecule has 12 nitrogen and oxygen atoms in total. The molecule has 0 radical (unpaired) electrons. The molecule has 5 atom stereocenters. The Balaban J connectivity index is 1.25. The maximum atomic E-state index is 10.9. The van der Waals surface area contributed by atoms with E-state index in [0.717, 1.165) is 11.4 Å². The third kappa shape index (κ3) is 3.83. The molecular formula is C20H29N9O3S. The maximum Gasteiger partial charge on any atom is 0.242 e. The van der Waals surface area contributed by atoms with Crippen molar-refractivity contribution < 1.29 is 14.9 Å². The van der Waals surface area contributed by atoms with Crippen LogP contribution in [0.25, 0.3) is 0 Å². The Hall–Kier alpha value is -2.45. The predicted octanol–water partition coefficient (Wildman–Crippen LogP) is -0.0718. The van der Waals surface area contributed by atoms with Gasteiger partial charge in [0, 0.05) is 30.1 Å². The highest BCUT2D eigenvalue weighted by atomic mass is 32.2. The molecule has 1 aromatic heterocycles. The molecule has 1 fully saturated rings. The zero-order valence-corrected chi connectivity index (χ0v) is 19.8. The Labute approximate surface area is 196 Å². The number of thioether (sulfide) groups is 1. The smallest absolute Gasteiger partial charge is 0.242 e. The molecular weight excluding hydrogens is 446 g/mol. The van der Waals surface area contributed by atoms with Crippen LogP contribution in [0.15, 0.2) is 28.1 Å². The average molecular weight is 476 g/mol. The number of aliphatic hydroxyl groups is 2. The Morgan fingerprint density at radius 3 is 2.88 bits per heavy atom. The van der Waals surface area contributed by atoms with Gasteiger partial charge in [0.2, 0.25) is 5.96 Å². The molecule has 0 amide bonds. The number of anilines is 3. The van der Waals surface area contributed by atoms with Gasteiger partial charge in [-0.25, -0.2) is 25.0 Å². The number of nitrogens with one attached hydrogen (secondary N) is 1. The normalized spacial score (nSPS) is 33.5. The molecule has 5 heterocycles. The number of nitrogens with two attached hydrogens (primary N) is 1. The molecule has 0 spiro atoms. The molecule has 4 aliphatic heterocycles. The molecule has 1 aromatic rings. The first-order valence-electron chi connectivity index (χ1n) is 10.8. The molecule has 1 unspecified atom stereocenters. The fraction of sp³-hybridized carbons (Fsp3) is 0.600. The number of aromatic nitrogens is 2. The Morgan fingerprint density at radius 1 is 1.30 bits per heavy atom. The summed E-state index contributed by atoms with van der Waals surface area (Å²) in [5, 5.41) is 23.7. The summed E-state index contributed by atoms with van der Waals surface area (Å²) >= 11 is 1.55. The van der Waals surface area contributed by atoms with Gasteiger partial charge in [0.05, 0.1) is 19.4 Å². The van der Waals surface area contributed by atoms with Gasteiger partial charge < -0.3 is 30.5 Å². The third-order valence-corrected chi connectivity index (χ3v) is 7.56. The van der Waals surface area contributed by atoms with Gasteiger partial charge >= 0.3 is 0 Å². The largest absolute Gasteiger partial charge is 0.390 e. The molecule has 178 valence electrons. The molecule has 0 saturated carbocycles. The minimum atomic E-state index is -1.11. The highest BCUT2D eigenvalue weighted by Crippen LogP contribution is 2.40. The van der Waals surface area contributed by atoms with E-state index in [2.05, 4.69) is 20.4 Å². The number of hydrogen-bond donors (Lipinski definition) is 4. The van der Waals surface area contributed by atoms with E-state index in [9.17, 15) is 10.2 Å². The van der Waals surface area contributed by atoms with Gasteiger partial charge in [0.25, 0.3) is 0 Å². The lowest BCUT2D eigenvalue weighted by atomic mass is 9.96. The van der Waals surface area contributed by atoms with E-state index < -0.39 is 23.4 Å². The van der Waals surface area contributed by atoms with Crippen molar-refractivity contribution in [2.75, 3.05) is 41.6 Å². The Bertz CT molecular complexity index is 1050. The summed E-state index contributed by atoms with van der Waals surface area (Å²) in [6, 6.07) is 0. The molecule has 4 aliphatic rings. The first-order valence-corrected chi connectivity index (χ1v) is 11.8. The topological polar surface area (TPSA) is 148 Å². The second-order valence-electron chi connectivity index (χ2n) is 8.90. The van der Waals surface area contributed by atoms with E-state index in [1.54, 1.807) is 11.8 Å². The lowest BCUT2D eigenvalue weighted by Crippen LogP contribution is -2.58. The van der Waals surface area contributed by atoms with Gasteiger partial charge in [-0.2, -0.15) is 5.43 Å². The SMILES string of the molecule is CC1=CC(C)=NC2=NC(C)(SC[C@H]3CO[C@@H](N4CN(C)c5c(N)ncnc54)[C@H](O)[C@@H]3O)NN12. The standard InChI is InChI=1S/C20H29N9O3S/c1-10-5-11(2)29-19(24-10)25-20(3,26-29)33-7-12-6-32-18(15(31)14(12)30)28-9-27(4)13-16(21)22-8-23-17(13)28/h5,8,12,14-15,18,26,30-31H,6-7,9H2,1-4H3,(H2,21,22,23)/t12-,14-,15-,18-,20?/m1/s1. The highest BCUT2D eigenvalue weighted by Gasteiger charge is 2.46. The van der Waals surface area contributed by atoms with Gasteiger partial charge in [-0.15, -0.1) is 11.8 Å². The molecule has 33 heavy (non-hydrogen) atoms. The first-order chi connectivity index (χ1) is 15.7. The molecule has 13 heteroatoms. The molecule has 0 aliphatic carbocycles. The fourth-order valence-electron chi connectivity index (χ4n) is 4.55. The molecule has 1 saturated heterocycles. The zero-order chi connectivity index (χ0) is 23.5. The first kappa shape index (κ1) is 22.3. The minimum absolute atomic E-state index is 0.269. The van der Waals surface area contributed by atoms with Crippen LogP contribution in [0, 0.1) is 5.92 Å². The van der Waals surface area contributed by atoms with Crippen molar-refractivity contribution in [3.63, 3.8) is 0 Å². The summed E-state index contributed by atoms with van der Waals surface area (Å²) < 4.78 is 6.05. The van der Waals surface area contributed by atoms with Gasteiger partial charge in [-0.1, -0.05) is 0 Å². The van der Waals surface area contributed by atoms with Crippen LogP contribution in [0.2, 0.25) is 0 Å². The summed E-state index contributed by atoms with van der Waals surface area (Å²) in [6.45, 7) is 6.62.